The fourth-order valence-electron chi connectivity index (χ4n) is 1.86. The molecule has 4 N–H and O–H groups in total. The van der Waals surface area contributed by atoms with E-state index in [1.165, 1.54) is 0 Å². The smallest absolute Gasteiger partial charge is 0.0997 e. The van der Waals surface area contributed by atoms with Crippen LogP contribution in [0.4, 0.5) is 0 Å². The molecule has 2 aromatic rings. The number of rotatable bonds is 5. The summed E-state index contributed by atoms with van der Waals surface area (Å²) < 4.78 is 5.07. The van der Waals surface area contributed by atoms with Crippen molar-refractivity contribution in [2.75, 3.05) is 0 Å². The van der Waals surface area contributed by atoms with E-state index < -0.39 is 0 Å². The van der Waals surface area contributed by atoms with E-state index in [4.69, 9.17) is 15.6 Å². The lowest BCUT2D eigenvalue weighted by Crippen LogP contribution is -2.10. The van der Waals surface area contributed by atoms with E-state index in [0.29, 0.717) is 6.42 Å². The first-order valence-corrected chi connectivity index (χ1v) is 5.64. The maximum atomic E-state index is 7.30. The van der Waals surface area contributed by atoms with Crippen LogP contribution in [0.15, 0.2) is 23.0 Å². The van der Waals surface area contributed by atoms with Crippen LogP contribution in [0.1, 0.15) is 24.6 Å². The molecule has 0 unspecified atom stereocenters. The summed E-state index contributed by atoms with van der Waals surface area (Å²) in [7, 11) is 0. The van der Waals surface area contributed by atoms with Crippen LogP contribution in [-0.2, 0) is 12.8 Å². The van der Waals surface area contributed by atoms with Gasteiger partial charge in [0.05, 0.1) is 24.1 Å². The molecule has 0 aromatic carbocycles. The molecule has 0 spiro atoms. The van der Waals surface area contributed by atoms with Crippen molar-refractivity contribution in [2.45, 2.75) is 26.2 Å². The molecule has 2 aromatic heterocycles. The molecule has 0 saturated carbocycles. The lowest BCUT2D eigenvalue weighted by atomic mass is 10.0. The van der Waals surface area contributed by atoms with E-state index in [-0.39, 0.29) is 5.84 Å². The molecule has 5 nitrogen and oxygen atoms in total. The Morgan fingerprint density at radius 2 is 2.41 bits per heavy atom. The van der Waals surface area contributed by atoms with Gasteiger partial charge in [-0.25, -0.2) is 0 Å². The molecule has 5 heteroatoms. The Bertz CT molecular complexity index is 499. The molecule has 17 heavy (non-hydrogen) atoms. The van der Waals surface area contributed by atoms with Gasteiger partial charge in [0.15, 0.2) is 0 Å². The van der Waals surface area contributed by atoms with Gasteiger partial charge < -0.3 is 10.2 Å². The second kappa shape index (κ2) is 4.86. The molecular formula is C12H16N4O. The van der Waals surface area contributed by atoms with Gasteiger partial charge in [0, 0.05) is 23.2 Å². The van der Waals surface area contributed by atoms with Crippen LogP contribution in [0.25, 0.3) is 11.3 Å². The summed E-state index contributed by atoms with van der Waals surface area (Å²) >= 11 is 0. The number of hydrogen-bond acceptors (Lipinski definition) is 3. The Labute approximate surface area is 99.5 Å². The molecule has 90 valence electrons. The van der Waals surface area contributed by atoms with Crippen LogP contribution in [0.5, 0.6) is 0 Å². The van der Waals surface area contributed by atoms with Gasteiger partial charge in [0.25, 0.3) is 0 Å². The van der Waals surface area contributed by atoms with Gasteiger partial charge in [0.1, 0.15) is 0 Å². The first-order chi connectivity index (χ1) is 8.22. The maximum absolute atomic E-state index is 7.30. The molecular weight excluding hydrogens is 216 g/mol. The number of nitrogens with zero attached hydrogens (tertiary/aromatic N) is 1. The van der Waals surface area contributed by atoms with Crippen molar-refractivity contribution in [1.29, 1.82) is 5.41 Å². The molecule has 0 fully saturated rings. The number of aromatic nitrogens is 2. The second-order valence-corrected chi connectivity index (χ2v) is 3.92. The fourth-order valence-corrected chi connectivity index (χ4v) is 1.86. The topological polar surface area (TPSA) is 91.7 Å². The van der Waals surface area contributed by atoms with Crippen LogP contribution in [-0.4, -0.2) is 16.0 Å². The third-order valence-corrected chi connectivity index (χ3v) is 2.75. The first kappa shape index (κ1) is 11.4. The van der Waals surface area contributed by atoms with Gasteiger partial charge in [-0.3, -0.25) is 10.5 Å². The highest BCUT2D eigenvalue weighted by Gasteiger charge is 2.14. The molecule has 0 aliphatic carbocycles. The van der Waals surface area contributed by atoms with Crippen molar-refractivity contribution >= 4 is 5.84 Å². The largest absolute Gasteiger partial charge is 0.472 e. The number of aromatic amines is 1. The van der Waals surface area contributed by atoms with E-state index >= 15 is 0 Å². The molecule has 0 atom stereocenters. The minimum atomic E-state index is 0.200. The Balaban J connectivity index is 2.32. The highest BCUT2D eigenvalue weighted by atomic mass is 16.3. The molecule has 0 amide bonds. The average Bonchev–Trinajstić information content (AvgIpc) is 2.94. The van der Waals surface area contributed by atoms with Gasteiger partial charge >= 0.3 is 0 Å². The lowest BCUT2D eigenvalue weighted by Gasteiger charge is -2.02. The molecule has 0 aliphatic heterocycles. The number of aryl methyl sites for hydroxylation is 1. The molecule has 2 heterocycles. The Hall–Kier alpha value is -2.04. The van der Waals surface area contributed by atoms with Crippen molar-refractivity contribution in [1.82, 2.24) is 10.2 Å². The van der Waals surface area contributed by atoms with Crippen LogP contribution in [0.2, 0.25) is 0 Å². The molecule has 0 radical (unpaired) electrons. The summed E-state index contributed by atoms with van der Waals surface area (Å²) in [6, 6.07) is 1.88. The van der Waals surface area contributed by atoms with Gasteiger partial charge in [-0.05, 0) is 18.9 Å². The van der Waals surface area contributed by atoms with Crippen molar-refractivity contribution in [3.63, 3.8) is 0 Å². The lowest BCUT2D eigenvalue weighted by molar-refractivity contribution is 0.568. The van der Waals surface area contributed by atoms with Crippen molar-refractivity contribution in [2.24, 2.45) is 5.73 Å². The molecule has 0 bridgehead atoms. The number of amidine groups is 1. The van der Waals surface area contributed by atoms with Crippen molar-refractivity contribution in [3.05, 3.63) is 29.9 Å². The average molecular weight is 232 g/mol. The van der Waals surface area contributed by atoms with Gasteiger partial charge in [0.2, 0.25) is 0 Å². The summed E-state index contributed by atoms with van der Waals surface area (Å²) in [5.41, 5.74) is 9.49. The highest BCUT2D eigenvalue weighted by Crippen LogP contribution is 2.25. The summed E-state index contributed by atoms with van der Waals surface area (Å²) in [5.74, 6) is 0.200. The van der Waals surface area contributed by atoms with E-state index in [1.54, 1.807) is 12.5 Å². The summed E-state index contributed by atoms with van der Waals surface area (Å²) in [5, 5.41) is 14.6. The van der Waals surface area contributed by atoms with E-state index in [1.807, 2.05) is 6.07 Å². The Morgan fingerprint density at radius 1 is 1.59 bits per heavy atom. The van der Waals surface area contributed by atoms with E-state index in [0.717, 1.165) is 35.4 Å². The van der Waals surface area contributed by atoms with Crippen LogP contribution in [0.3, 0.4) is 0 Å². The van der Waals surface area contributed by atoms with Crippen molar-refractivity contribution < 1.29 is 4.42 Å². The monoisotopic (exact) mass is 232 g/mol. The maximum Gasteiger partial charge on any atom is 0.0997 e. The summed E-state index contributed by atoms with van der Waals surface area (Å²) in [6.07, 6.45) is 5.47. The van der Waals surface area contributed by atoms with Gasteiger partial charge in [-0.2, -0.15) is 5.10 Å². The molecule has 2 rings (SSSR count). The molecule has 0 aliphatic rings. The summed E-state index contributed by atoms with van der Waals surface area (Å²) in [6.45, 7) is 2.07. The third kappa shape index (κ3) is 2.38. The second-order valence-electron chi connectivity index (χ2n) is 3.92. The third-order valence-electron chi connectivity index (χ3n) is 2.75. The van der Waals surface area contributed by atoms with Crippen LogP contribution in [0, 0.1) is 5.41 Å². The van der Waals surface area contributed by atoms with Crippen LogP contribution >= 0.6 is 0 Å². The first-order valence-electron chi connectivity index (χ1n) is 5.64. The quantitative estimate of drug-likeness (QED) is 0.544. The normalized spacial score (nSPS) is 10.6. The SMILES string of the molecule is CCc1[nH]nc(-c2ccoc2)c1CCC(=N)N. The van der Waals surface area contributed by atoms with E-state index in [2.05, 4.69) is 17.1 Å². The Morgan fingerprint density at radius 3 is 3.00 bits per heavy atom. The van der Waals surface area contributed by atoms with Gasteiger partial charge in [-0.15, -0.1) is 0 Å². The fraction of sp³-hybridized carbons (Fsp3) is 0.333. The van der Waals surface area contributed by atoms with E-state index in [9.17, 15) is 0 Å². The predicted octanol–water partition coefficient (Wildman–Crippen LogP) is 2.10. The number of H-pyrrole nitrogens is 1. The zero-order valence-corrected chi connectivity index (χ0v) is 9.79. The zero-order chi connectivity index (χ0) is 12.3. The van der Waals surface area contributed by atoms with Crippen LogP contribution < -0.4 is 5.73 Å². The van der Waals surface area contributed by atoms with Crippen molar-refractivity contribution in [3.8, 4) is 11.3 Å². The molecule has 0 saturated heterocycles. The minimum Gasteiger partial charge on any atom is -0.472 e. The minimum absolute atomic E-state index is 0.200. The standard InChI is InChI=1S/C12H16N4O/c1-2-10-9(3-4-11(13)14)12(16-15-10)8-5-6-17-7-8/h5-7H,2-4H2,1H3,(H3,13,14)(H,15,16). The predicted molar refractivity (Wildman–Crippen MR) is 65.9 cm³/mol. The number of furan rings is 1. The zero-order valence-electron chi connectivity index (χ0n) is 9.79. The number of hydrogen-bond donors (Lipinski definition) is 3. The highest BCUT2D eigenvalue weighted by molar-refractivity contribution is 5.77. The van der Waals surface area contributed by atoms with Gasteiger partial charge in [-0.1, -0.05) is 6.92 Å². The number of nitrogens with two attached hydrogens (primary N) is 1. The Kier molecular flexibility index (Phi) is 3.27. The number of nitrogens with one attached hydrogen (secondary N) is 2. The summed E-state index contributed by atoms with van der Waals surface area (Å²) in [4.78, 5) is 0.